The second-order valence-electron chi connectivity index (χ2n) is 7.25. The number of carboxylic acids is 1. The summed E-state index contributed by atoms with van der Waals surface area (Å²) in [6.07, 6.45) is 7.65. The summed E-state index contributed by atoms with van der Waals surface area (Å²) in [6, 6.07) is 0.0781. The van der Waals surface area contributed by atoms with Gasteiger partial charge in [0.05, 0.1) is 12.0 Å². The highest BCUT2D eigenvalue weighted by Crippen LogP contribution is 2.53. The van der Waals surface area contributed by atoms with Crippen LogP contribution in [0.25, 0.3) is 0 Å². The Balaban J connectivity index is 1.59. The first kappa shape index (κ1) is 16.6. The number of ether oxygens (including phenoxy) is 1. The smallest absolute Gasteiger partial charge is 0.317 e. The van der Waals surface area contributed by atoms with Crippen molar-refractivity contribution in [3.63, 3.8) is 0 Å². The third-order valence-electron chi connectivity index (χ3n) is 6.06. The first-order valence-electron chi connectivity index (χ1n) is 8.96. The molecule has 2 saturated carbocycles. The highest BCUT2D eigenvalue weighted by atomic mass is 16.5. The quantitative estimate of drug-likeness (QED) is 0.831. The standard InChI is InChI=1S/C17H28N2O4/c1-2-23-14-10-13(17(14)7-4-3-5-8-17)18-16(22)19-9-6-12(11-19)15(20)21/h12-14H,2-11H2,1H3,(H,18,22)(H,20,21). The van der Waals surface area contributed by atoms with E-state index in [2.05, 4.69) is 5.32 Å². The zero-order chi connectivity index (χ0) is 16.4. The van der Waals surface area contributed by atoms with Gasteiger partial charge in [-0.05, 0) is 32.6 Å². The van der Waals surface area contributed by atoms with E-state index in [0.29, 0.717) is 19.5 Å². The first-order valence-corrected chi connectivity index (χ1v) is 8.96. The van der Waals surface area contributed by atoms with Crippen molar-refractivity contribution in [3.8, 4) is 0 Å². The van der Waals surface area contributed by atoms with Crippen LogP contribution in [0.1, 0.15) is 51.9 Å². The summed E-state index contributed by atoms with van der Waals surface area (Å²) in [5, 5.41) is 12.3. The van der Waals surface area contributed by atoms with Crippen molar-refractivity contribution in [2.24, 2.45) is 11.3 Å². The lowest BCUT2D eigenvalue weighted by Crippen LogP contribution is -2.66. The first-order chi connectivity index (χ1) is 11.1. The van der Waals surface area contributed by atoms with Gasteiger partial charge in [-0.2, -0.15) is 0 Å². The average molecular weight is 324 g/mol. The molecule has 3 aliphatic rings. The topological polar surface area (TPSA) is 78.9 Å². The van der Waals surface area contributed by atoms with Crippen molar-refractivity contribution in [2.45, 2.75) is 64.0 Å². The molecule has 3 unspecified atom stereocenters. The van der Waals surface area contributed by atoms with Crippen molar-refractivity contribution >= 4 is 12.0 Å². The Kier molecular flexibility index (Phi) is 4.80. The number of carbonyl (C=O) groups excluding carboxylic acids is 1. The molecule has 2 aliphatic carbocycles. The third-order valence-corrected chi connectivity index (χ3v) is 6.06. The summed E-state index contributed by atoms with van der Waals surface area (Å²) < 4.78 is 5.91. The molecule has 130 valence electrons. The van der Waals surface area contributed by atoms with Gasteiger partial charge in [0.1, 0.15) is 0 Å². The van der Waals surface area contributed by atoms with Gasteiger partial charge in [-0.25, -0.2) is 4.79 Å². The summed E-state index contributed by atoms with van der Waals surface area (Å²) in [7, 11) is 0. The van der Waals surface area contributed by atoms with Gasteiger partial charge in [-0.15, -0.1) is 0 Å². The lowest BCUT2D eigenvalue weighted by molar-refractivity contribution is -0.147. The molecular formula is C17H28N2O4. The zero-order valence-corrected chi connectivity index (χ0v) is 13.9. The fourth-order valence-electron chi connectivity index (χ4n) is 4.65. The molecule has 3 atom stereocenters. The predicted molar refractivity (Wildman–Crippen MR) is 85.2 cm³/mol. The molecule has 1 spiro atoms. The molecule has 0 aromatic heterocycles. The normalized spacial score (nSPS) is 32.6. The second-order valence-corrected chi connectivity index (χ2v) is 7.25. The Labute approximate surface area is 137 Å². The number of carbonyl (C=O) groups is 2. The zero-order valence-electron chi connectivity index (χ0n) is 13.9. The number of rotatable bonds is 4. The molecule has 3 rings (SSSR count). The Morgan fingerprint density at radius 1 is 1.30 bits per heavy atom. The van der Waals surface area contributed by atoms with Crippen LogP contribution in [0.2, 0.25) is 0 Å². The van der Waals surface area contributed by atoms with E-state index in [0.717, 1.165) is 25.9 Å². The Morgan fingerprint density at radius 2 is 2.04 bits per heavy atom. The summed E-state index contributed by atoms with van der Waals surface area (Å²) in [6.45, 7) is 3.62. The SMILES string of the molecule is CCOC1CC(NC(=O)N2CCC(C(=O)O)C2)C12CCCCC2. The maximum atomic E-state index is 12.5. The number of nitrogens with one attached hydrogen (secondary N) is 1. The minimum Gasteiger partial charge on any atom is -0.481 e. The fourth-order valence-corrected chi connectivity index (χ4v) is 4.65. The van der Waals surface area contributed by atoms with Gasteiger partial charge < -0.3 is 20.1 Å². The van der Waals surface area contributed by atoms with Crippen molar-refractivity contribution < 1.29 is 19.4 Å². The van der Waals surface area contributed by atoms with Gasteiger partial charge in [0.15, 0.2) is 0 Å². The minimum absolute atomic E-state index is 0.0985. The van der Waals surface area contributed by atoms with Gasteiger partial charge in [-0.3, -0.25) is 4.79 Å². The fraction of sp³-hybridized carbons (Fsp3) is 0.882. The summed E-state index contributed by atoms with van der Waals surface area (Å²) >= 11 is 0. The molecule has 1 aliphatic heterocycles. The molecule has 0 aromatic carbocycles. The third kappa shape index (κ3) is 3.05. The molecule has 0 bridgehead atoms. The molecule has 2 amide bonds. The molecule has 2 N–H and O–H groups in total. The molecule has 6 nitrogen and oxygen atoms in total. The van der Waals surface area contributed by atoms with Crippen LogP contribution in [0.3, 0.4) is 0 Å². The van der Waals surface area contributed by atoms with Gasteiger partial charge in [0.25, 0.3) is 0 Å². The van der Waals surface area contributed by atoms with Crippen LogP contribution in [-0.2, 0) is 9.53 Å². The molecule has 1 saturated heterocycles. The van der Waals surface area contributed by atoms with E-state index >= 15 is 0 Å². The maximum absolute atomic E-state index is 12.5. The van der Waals surface area contributed by atoms with Gasteiger partial charge >= 0.3 is 12.0 Å². The molecule has 0 aromatic rings. The van der Waals surface area contributed by atoms with Gasteiger partial charge in [0, 0.05) is 31.2 Å². The summed E-state index contributed by atoms with van der Waals surface area (Å²) in [4.78, 5) is 25.2. The van der Waals surface area contributed by atoms with Crippen LogP contribution < -0.4 is 5.32 Å². The molecular weight excluding hydrogens is 296 g/mol. The lowest BCUT2D eigenvalue weighted by Gasteiger charge is -2.57. The van der Waals surface area contributed by atoms with Crippen molar-refractivity contribution in [1.29, 1.82) is 0 Å². The highest BCUT2D eigenvalue weighted by Gasteiger charge is 2.56. The predicted octanol–water partition coefficient (Wildman–Crippen LogP) is 2.23. The number of aliphatic carboxylic acids is 1. The summed E-state index contributed by atoms with van der Waals surface area (Å²) in [5.41, 5.74) is 0.107. The number of amides is 2. The van der Waals surface area contributed by atoms with Gasteiger partial charge in [-0.1, -0.05) is 19.3 Å². The number of nitrogens with zero attached hydrogens (tertiary/aromatic N) is 1. The number of hydrogen-bond acceptors (Lipinski definition) is 3. The molecule has 6 heteroatoms. The van der Waals surface area contributed by atoms with E-state index in [1.54, 1.807) is 4.90 Å². The number of carboxylic acid groups (broad SMARTS) is 1. The van der Waals surface area contributed by atoms with E-state index in [1.807, 2.05) is 6.92 Å². The van der Waals surface area contributed by atoms with Crippen LogP contribution in [0.4, 0.5) is 4.79 Å². The van der Waals surface area contributed by atoms with Crippen LogP contribution >= 0.6 is 0 Å². The van der Waals surface area contributed by atoms with E-state index in [4.69, 9.17) is 9.84 Å². The largest absolute Gasteiger partial charge is 0.481 e. The van der Waals surface area contributed by atoms with Crippen molar-refractivity contribution in [2.75, 3.05) is 19.7 Å². The molecule has 0 radical (unpaired) electrons. The Hall–Kier alpha value is -1.30. The van der Waals surface area contributed by atoms with E-state index in [-0.39, 0.29) is 23.6 Å². The van der Waals surface area contributed by atoms with Crippen LogP contribution in [0.15, 0.2) is 0 Å². The molecule has 23 heavy (non-hydrogen) atoms. The number of likely N-dealkylation sites (tertiary alicyclic amines) is 1. The maximum Gasteiger partial charge on any atom is 0.317 e. The lowest BCUT2D eigenvalue weighted by atomic mass is 9.55. The minimum atomic E-state index is -0.802. The van der Waals surface area contributed by atoms with E-state index < -0.39 is 11.9 Å². The Bertz CT molecular complexity index is 462. The van der Waals surface area contributed by atoms with E-state index in [1.165, 1.54) is 19.3 Å². The van der Waals surface area contributed by atoms with Crippen LogP contribution in [-0.4, -0.2) is 53.8 Å². The summed E-state index contributed by atoms with van der Waals surface area (Å²) in [5.74, 6) is -1.22. The molecule has 3 fully saturated rings. The van der Waals surface area contributed by atoms with Crippen LogP contribution in [0, 0.1) is 11.3 Å². The van der Waals surface area contributed by atoms with Crippen molar-refractivity contribution in [1.82, 2.24) is 10.2 Å². The molecule has 1 heterocycles. The van der Waals surface area contributed by atoms with Crippen molar-refractivity contribution in [3.05, 3.63) is 0 Å². The second kappa shape index (κ2) is 6.67. The van der Waals surface area contributed by atoms with Crippen LogP contribution in [0.5, 0.6) is 0 Å². The average Bonchev–Trinajstić information content (AvgIpc) is 3.05. The highest BCUT2D eigenvalue weighted by molar-refractivity contribution is 5.77. The van der Waals surface area contributed by atoms with Gasteiger partial charge in [0.2, 0.25) is 0 Å². The monoisotopic (exact) mass is 324 g/mol. The number of hydrogen-bond donors (Lipinski definition) is 2. The number of urea groups is 1. The van der Waals surface area contributed by atoms with E-state index in [9.17, 15) is 9.59 Å². The Morgan fingerprint density at radius 3 is 2.65 bits per heavy atom.